The van der Waals surface area contributed by atoms with E-state index in [1.54, 1.807) is 23.4 Å². The largest absolute Gasteiger partial charge is 0.361 e. The van der Waals surface area contributed by atoms with Crippen molar-refractivity contribution in [1.29, 1.82) is 0 Å². The second kappa shape index (κ2) is 6.73. The zero-order valence-corrected chi connectivity index (χ0v) is 15.0. The van der Waals surface area contributed by atoms with Crippen LogP contribution in [0.2, 0.25) is 0 Å². The Morgan fingerprint density at radius 1 is 1.12 bits per heavy atom. The Morgan fingerprint density at radius 3 is 2.46 bits per heavy atom. The number of benzene rings is 1. The van der Waals surface area contributed by atoms with Gasteiger partial charge in [-0.25, -0.2) is 4.79 Å². The molecule has 1 aromatic carbocycles. The SMILES string of the molecule is CCN1C/C(=C\Sc2ccccc2)c2c1c(=O)n(C)c(=O)n2CC. The number of likely N-dealkylation sites (N-methyl/N-ethyl adjacent to an activating group) is 1. The van der Waals surface area contributed by atoms with Crippen molar-refractivity contribution >= 4 is 23.0 Å². The molecule has 0 fully saturated rings. The van der Waals surface area contributed by atoms with Crippen LogP contribution < -0.4 is 16.1 Å². The number of thioether (sulfide) groups is 1. The van der Waals surface area contributed by atoms with Crippen molar-refractivity contribution in [3.8, 4) is 0 Å². The predicted octanol–water partition coefficient (Wildman–Crippen LogP) is 2.54. The van der Waals surface area contributed by atoms with Crippen LogP contribution in [0.1, 0.15) is 19.5 Å². The van der Waals surface area contributed by atoms with Gasteiger partial charge in [0.05, 0.1) is 5.69 Å². The van der Waals surface area contributed by atoms with Gasteiger partial charge in [-0.2, -0.15) is 0 Å². The lowest BCUT2D eigenvalue weighted by atomic mass is 10.2. The van der Waals surface area contributed by atoms with E-state index >= 15 is 0 Å². The highest BCUT2D eigenvalue weighted by molar-refractivity contribution is 8.02. The van der Waals surface area contributed by atoms with Crippen LogP contribution in [-0.4, -0.2) is 22.2 Å². The minimum atomic E-state index is -0.255. The molecule has 126 valence electrons. The third kappa shape index (κ3) is 2.71. The first-order valence-electron chi connectivity index (χ1n) is 8.08. The number of nitrogens with zero attached hydrogens (tertiary/aromatic N) is 3. The van der Waals surface area contributed by atoms with Crippen LogP contribution in [0.5, 0.6) is 0 Å². The third-order valence-corrected chi connectivity index (χ3v) is 5.23. The standard InChI is InChI=1S/C18H21N3O2S/c1-4-20-11-13(12-24-14-9-7-6-8-10-14)15-16(20)17(22)19(3)18(23)21(15)5-2/h6-10,12H,4-5,11H2,1-3H3/b13-12+. The van der Waals surface area contributed by atoms with Crippen LogP contribution in [0, 0.1) is 0 Å². The second-order valence-electron chi connectivity index (χ2n) is 5.68. The van der Waals surface area contributed by atoms with Gasteiger partial charge in [-0.05, 0) is 31.4 Å². The van der Waals surface area contributed by atoms with Gasteiger partial charge in [0.2, 0.25) is 0 Å². The maximum atomic E-state index is 12.6. The molecule has 1 aromatic heterocycles. The highest BCUT2D eigenvalue weighted by Crippen LogP contribution is 2.34. The first kappa shape index (κ1) is 16.6. The summed E-state index contributed by atoms with van der Waals surface area (Å²) in [5.74, 6) is 0. The molecule has 3 rings (SSSR count). The first-order valence-corrected chi connectivity index (χ1v) is 8.96. The summed E-state index contributed by atoms with van der Waals surface area (Å²) in [6, 6.07) is 10.1. The molecule has 1 aliphatic heterocycles. The van der Waals surface area contributed by atoms with Crippen LogP contribution in [0.25, 0.3) is 5.57 Å². The van der Waals surface area contributed by atoms with Gasteiger partial charge in [-0.3, -0.25) is 13.9 Å². The smallest absolute Gasteiger partial charge is 0.331 e. The van der Waals surface area contributed by atoms with Gasteiger partial charge in [0.1, 0.15) is 5.69 Å². The lowest BCUT2D eigenvalue weighted by Crippen LogP contribution is -2.41. The summed E-state index contributed by atoms with van der Waals surface area (Å²) in [6.45, 7) is 5.89. The highest BCUT2D eigenvalue weighted by Gasteiger charge is 2.30. The molecule has 0 unspecified atom stereocenters. The molecule has 24 heavy (non-hydrogen) atoms. The average molecular weight is 343 g/mol. The molecule has 0 saturated carbocycles. The Hall–Kier alpha value is -2.21. The minimum Gasteiger partial charge on any atom is -0.361 e. The lowest BCUT2D eigenvalue weighted by Gasteiger charge is -2.16. The molecule has 0 amide bonds. The molecular weight excluding hydrogens is 322 g/mol. The number of hydrogen-bond acceptors (Lipinski definition) is 4. The molecule has 0 aliphatic carbocycles. The van der Waals surface area contributed by atoms with Crippen molar-refractivity contribution in [2.24, 2.45) is 7.05 Å². The molecule has 2 heterocycles. The lowest BCUT2D eigenvalue weighted by molar-refractivity contribution is 0.625. The fourth-order valence-corrected chi connectivity index (χ4v) is 3.79. The van der Waals surface area contributed by atoms with Crippen molar-refractivity contribution in [1.82, 2.24) is 9.13 Å². The maximum Gasteiger partial charge on any atom is 0.331 e. The van der Waals surface area contributed by atoms with Crippen LogP contribution in [0.3, 0.4) is 0 Å². The van der Waals surface area contributed by atoms with Gasteiger partial charge in [-0.15, -0.1) is 0 Å². The van der Waals surface area contributed by atoms with Crippen LogP contribution in [0.4, 0.5) is 5.69 Å². The van der Waals surface area contributed by atoms with E-state index in [2.05, 4.69) is 5.41 Å². The Labute approximate surface area is 145 Å². The van der Waals surface area contributed by atoms with E-state index in [1.165, 1.54) is 4.57 Å². The van der Waals surface area contributed by atoms with Gasteiger partial charge >= 0.3 is 5.69 Å². The highest BCUT2D eigenvalue weighted by atomic mass is 32.2. The Bertz CT molecular complexity index is 897. The molecule has 5 nitrogen and oxygen atoms in total. The van der Waals surface area contributed by atoms with E-state index in [9.17, 15) is 9.59 Å². The molecule has 0 radical (unpaired) electrons. The fourth-order valence-electron chi connectivity index (χ4n) is 3.02. The number of fused-ring (bicyclic) bond motifs is 1. The van der Waals surface area contributed by atoms with Crippen LogP contribution in [0.15, 0.2) is 50.2 Å². The van der Waals surface area contributed by atoms with Gasteiger partial charge in [0.25, 0.3) is 5.56 Å². The Morgan fingerprint density at radius 2 is 1.83 bits per heavy atom. The van der Waals surface area contributed by atoms with Gasteiger partial charge in [0, 0.05) is 37.2 Å². The van der Waals surface area contributed by atoms with Gasteiger partial charge < -0.3 is 4.90 Å². The van der Waals surface area contributed by atoms with Gasteiger partial charge in [0.15, 0.2) is 0 Å². The number of anilines is 1. The first-order chi connectivity index (χ1) is 11.6. The number of rotatable bonds is 4. The van der Waals surface area contributed by atoms with Crippen molar-refractivity contribution in [2.75, 3.05) is 18.0 Å². The fraction of sp³-hybridized carbons (Fsp3) is 0.333. The second-order valence-corrected chi connectivity index (χ2v) is 6.62. The van der Waals surface area contributed by atoms with E-state index in [0.29, 0.717) is 18.8 Å². The Kier molecular flexibility index (Phi) is 4.66. The molecule has 6 heteroatoms. The Balaban J connectivity index is 2.15. The summed E-state index contributed by atoms with van der Waals surface area (Å²) in [7, 11) is 1.55. The predicted molar refractivity (Wildman–Crippen MR) is 99.8 cm³/mol. The zero-order valence-electron chi connectivity index (χ0n) is 14.2. The summed E-state index contributed by atoms with van der Waals surface area (Å²) in [4.78, 5) is 28.3. The zero-order chi connectivity index (χ0) is 17.3. The maximum absolute atomic E-state index is 12.6. The van der Waals surface area contributed by atoms with Crippen molar-refractivity contribution < 1.29 is 0 Å². The molecule has 0 atom stereocenters. The summed E-state index contributed by atoms with van der Waals surface area (Å²) in [5, 5.41) is 2.06. The van der Waals surface area contributed by atoms with Crippen LogP contribution >= 0.6 is 11.8 Å². The molecule has 0 N–H and O–H groups in total. The molecular formula is C18H21N3O2S. The quantitative estimate of drug-likeness (QED) is 0.801. The minimum absolute atomic E-state index is 0.213. The van der Waals surface area contributed by atoms with E-state index in [1.807, 2.05) is 49.1 Å². The summed E-state index contributed by atoms with van der Waals surface area (Å²) in [5.41, 5.74) is 1.97. The van der Waals surface area contributed by atoms with Crippen molar-refractivity contribution in [3.63, 3.8) is 0 Å². The van der Waals surface area contributed by atoms with E-state index in [4.69, 9.17) is 0 Å². The van der Waals surface area contributed by atoms with E-state index in [0.717, 1.165) is 22.7 Å². The van der Waals surface area contributed by atoms with Crippen molar-refractivity contribution in [2.45, 2.75) is 25.3 Å². The summed E-state index contributed by atoms with van der Waals surface area (Å²) in [6.07, 6.45) is 0. The number of aromatic nitrogens is 2. The average Bonchev–Trinajstić information content (AvgIpc) is 2.98. The summed E-state index contributed by atoms with van der Waals surface area (Å²) >= 11 is 1.62. The normalized spacial score (nSPS) is 15.1. The molecule has 0 saturated heterocycles. The third-order valence-electron chi connectivity index (χ3n) is 4.28. The molecule has 2 aromatic rings. The topological polar surface area (TPSA) is 47.2 Å². The molecule has 0 bridgehead atoms. The molecule has 0 spiro atoms. The van der Waals surface area contributed by atoms with Gasteiger partial charge in [-0.1, -0.05) is 30.0 Å². The monoisotopic (exact) mass is 343 g/mol. The summed E-state index contributed by atoms with van der Waals surface area (Å²) < 4.78 is 2.90. The van der Waals surface area contributed by atoms with E-state index < -0.39 is 0 Å². The number of hydrogen-bond donors (Lipinski definition) is 0. The van der Waals surface area contributed by atoms with Crippen LogP contribution in [-0.2, 0) is 13.6 Å². The molecule has 1 aliphatic rings. The van der Waals surface area contributed by atoms with E-state index in [-0.39, 0.29) is 11.2 Å². The van der Waals surface area contributed by atoms with Crippen molar-refractivity contribution in [3.05, 3.63) is 62.3 Å².